The van der Waals surface area contributed by atoms with Crippen LogP contribution in [0.4, 0.5) is 0 Å². The quantitative estimate of drug-likeness (QED) is 0.674. The van der Waals surface area contributed by atoms with Crippen LogP contribution in [0, 0.1) is 5.92 Å². The minimum Gasteiger partial charge on any atom is -0.477 e. The molecule has 1 aliphatic heterocycles. The second-order valence-corrected chi connectivity index (χ2v) is 3.18. The van der Waals surface area contributed by atoms with E-state index < -0.39 is 11.8 Å². The highest BCUT2D eigenvalue weighted by Crippen LogP contribution is 2.27. The number of rotatable bonds is 2. The van der Waals surface area contributed by atoms with E-state index in [0.717, 1.165) is 6.42 Å². The molecule has 12 heavy (non-hydrogen) atoms. The van der Waals surface area contributed by atoms with Crippen LogP contribution in [-0.4, -0.2) is 30.1 Å². The van der Waals surface area contributed by atoms with Crippen molar-refractivity contribution in [3.05, 3.63) is 0 Å². The Hall–Kier alpha value is -0.610. The van der Waals surface area contributed by atoms with Gasteiger partial charge in [-0.1, -0.05) is 13.8 Å². The highest BCUT2D eigenvalue weighted by Gasteiger charge is 2.46. The summed E-state index contributed by atoms with van der Waals surface area (Å²) in [5.74, 6) is -2.61. The summed E-state index contributed by atoms with van der Waals surface area (Å²) in [6, 6.07) is 0. The molecule has 1 aliphatic rings. The maximum Gasteiger partial charge on any atom is 0.364 e. The molecule has 4 heteroatoms. The zero-order valence-electron chi connectivity index (χ0n) is 7.37. The SMILES string of the molecule is CC(C)C1(C(=O)O)OCCCO1. The van der Waals surface area contributed by atoms with E-state index in [1.54, 1.807) is 13.8 Å². The van der Waals surface area contributed by atoms with Crippen molar-refractivity contribution in [1.29, 1.82) is 0 Å². The van der Waals surface area contributed by atoms with E-state index in [1.807, 2.05) is 0 Å². The van der Waals surface area contributed by atoms with E-state index in [2.05, 4.69) is 0 Å². The molecule has 1 fully saturated rings. The van der Waals surface area contributed by atoms with E-state index in [4.69, 9.17) is 14.6 Å². The predicted molar refractivity (Wildman–Crippen MR) is 41.7 cm³/mol. The standard InChI is InChI=1S/C8H14O4/c1-6(2)8(7(9)10)11-4-3-5-12-8/h6H,3-5H2,1-2H3,(H,9,10). The molecule has 0 aromatic rings. The molecule has 0 unspecified atom stereocenters. The maximum absolute atomic E-state index is 10.9. The van der Waals surface area contributed by atoms with Crippen LogP contribution in [0.25, 0.3) is 0 Å². The van der Waals surface area contributed by atoms with Gasteiger partial charge in [0.05, 0.1) is 13.2 Å². The maximum atomic E-state index is 10.9. The van der Waals surface area contributed by atoms with Crippen LogP contribution >= 0.6 is 0 Å². The second kappa shape index (κ2) is 3.41. The van der Waals surface area contributed by atoms with Crippen molar-refractivity contribution in [1.82, 2.24) is 0 Å². The average molecular weight is 174 g/mol. The monoisotopic (exact) mass is 174 g/mol. The Morgan fingerprint density at radius 3 is 2.17 bits per heavy atom. The summed E-state index contributed by atoms with van der Waals surface area (Å²) in [6.45, 7) is 4.48. The molecule has 4 nitrogen and oxygen atoms in total. The molecule has 0 aliphatic carbocycles. The Kier molecular flexibility index (Phi) is 2.69. The van der Waals surface area contributed by atoms with Crippen LogP contribution in [0.1, 0.15) is 20.3 Å². The number of carbonyl (C=O) groups is 1. The van der Waals surface area contributed by atoms with Gasteiger partial charge >= 0.3 is 5.97 Å². The Balaban J connectivity index is 2.77. The molecule has 1 rings (SSSR count). The zero-order valence-corrected chi connectivity index (χ0v) is 7.37. The Morgan fingerprint density at radius 1 is 1.42 bits per heavy atom. The van der Waals surface area contributed by atoms with Crippen LogP contribution in [-0.2, 0) is 14.3 Å². The molecule has 1 heterocycles. The first-order chi connectivity index (χ1) is 5.59. The van der Waals surface area contributed by atoms with Crippen LogP contribution < -0.4 is 0 Å². The van der Waals surface area contributed by atoms with E-state index in [-0.39, 0.29) is 5.92 Å². The van der Waals surface area contributed by atoms with Crippen molar-refractivity contribution in [2.24, 2.45) is 5.92 Å². The molecule has 70 valence electrons. The first-order valence-electron chi connectivity index (χ1n) is 4.11. The summed E-state index contributed by atoms with van der Waals surface area (Å²) in [4.78, 5) is 10.9. The summed E-state index contributed by atoms with van der Waals surface area (Å²) in [5, 5.41) is 8.91. The largest absolute Gasteiger partial charge is 0.477 e. The molecule has 0 amide bonds. The fourth-order valence-electron chi connectivity index (χ4n) is 1.25. The van der Waals surface area contributed by atoms with Gasteiger partial charge in [0.25, 0.3) is 5.79 Å². The number of aliphatic carboxylic acids is 1. The van der Waals surface area contributed by atoms with Crippen molar-refractivity contribution in [3.8, 4) is 0 Å². The zero-order chi connectivity index (χ0) is 9.19. The van der Waals surface area contributed by atoms with Gasteiger partial charge in [-0.3, -0.25) is 0 Å². The lowest BCUT2D eigenvalue weighted by Crippen LogP contribution is -2.51. The molecule has 0 spiro atoms. The Labute approximate surface area is 71.5 Å². The van der Waals surface area contributed by atoms with Gasteiger partial charge in [0.15, 0.2) is 0 Å². The molecule has 0 saturated carbocycles. The highest BCUT2D eigenvalue weighted by molar-refractivity contribution is 5.76. The molecule has 0 radical (unpaired) electrons. The first-order valence-corrected chi connectivity index (χ1v) is 4.11. The van der Waals surface area contributed by atoms with Crippen LogP contribution in [0.15, 0.2) is 0 Å². The molecule has 0 aromatic heterocycles. The highest BCUT2D eigenvalue weighted by atomic mass is 16.7. The summed E-state index contributed by atoms with van der Waals surface area (Å²) in [6.07, 6.45) is 0.766. The van der Waals surface area contributed by atoms with Gasteiger partial charge < -0.3 is 14.6 Å². The molecular weight excluding hydrogens is 160 g/mol. The van der Waals surface area contributed by atoms with Gasteiger partial charge in [0, 0.05) is 5.92 Å². The number of ether oxygens (including phenoxy) is 2. The van der Waals surface area contributed by atoms with E-state index >= 15 is 0 Å². The summed E-state index contributed by atoms with van der Waals surface area (Å²) in [7, 11) is 0. The number of hydrogen-bond donors (Lipinski definition) is 1. The van der Waals surface area contributed by atoms with Gasteiger partial charge in [-0.2, -0.15) is 0 Å². The summed E-state index contributed by atoms with van der Waals surface area (Å²) >= 11 is 0. The third-order valence-corrected chi connectivity index (χ3v) is 1.98. The minimum atomic E-state index is -1.40. The molecule has 0 atom stereocenters. The van der Waals surface area contributed by atoms with Gasteiger partial charge in [-0.25, -0.2) is 4.79 Å². The van der Waals surface area contributed by atoms with Crippen molar-refractivity contribution in [2.45, 2.75) is 26.1 Å². The van der Waals surface area contributed by atoms with Gasteiger partial charge in [0.1, 0.15) is 0 Å². The number of carboxylic acid groups (broad SMARTS) is 1. The van der Waals surface area contributed by atoms with Crippen molar-refractivity contribution in [2.75, 3.05) is 13.2 Å². The fourth-order valence-corrected chi connectivity index (χ4v) is 1.25. The molecule has 0 aromatic carbocycles. The average Bonchev–Trinajstić information content (AvgIpc) is 2.05. The van der Waals surface area contributed by atoms with Crippen molar-refractivity contribution < 1.29 is 19.4 Å². The van der Waals surface area contributed by atoms with Crippen LogP contribution in [0.2, 0.25) is 0 Å². The molecule has 0 bridgehead atoms. The van der Waals surface area contributed by atoms with E-state index in [0.29, 0.717) is 13.2 Å². The number of carboxylic acids is 1. The van der Waals surface area contributed by atoms with Crippen LogP contribution in [0.5, 0.6) is 0 Å². The predicted octanol–water partition coefficient (Wildman–Crippen LogP) is 0.860. The van der Waals surface area contributed by atoms with Crippen LogP contribution in [0.3, 0.4) is 0 Å². The van der Waals surface area contributed by atoms with E-state index in [1.165, 1.54) is 0 Å². The molecular formula is C8H14O4. The third kappa shape index (κ3) is 1.44. The molecule has 1 saturated heterocycles. The lowest BCUT2D eigenvalue weighted by Gasteiger charge is -2.36. The minimum absolute atomic E-state index is 0.171. The summed E-state index contributed by atoms with van der Waals surface area (Å²) in [5.41, 5.74) is 0. The van der Waals surface area contributed by atoms with Crippen molar-refractivity contribution in [3.63, 3.8) is 0 Å². The first kappa shape index (κ1) is 9.48. The third-order valence-electron chi connectivity index (χ3n) is 1.98. The topological polar surface area (TPSA) is 55.8 Å². The Morgan fingerprint density at radius 2 is 1.92 bits per heavy atom. The second-order valence-electron chi connectivity index (χ2n) is 3.18. The van der Waals surface area contributed by atoms with Gasteiger partial charge in [-0.15, -0.1) is 0 Å². The van der Waals surface area contributed by atoms with Gasteiger partial charge in [0.2, 0.25) is 0 Å². The number of hydrogen-bond acceptors (Lipinski definition) is 3. The van der Waals surface area contributed by atoms with Crippen molar-refractivity contribution >= 4 is 5.97 Å². The Bertz CT molecular complexity index is 170. The van der Waals surface area contributed by atoms with E-state index in [9.17, 15) is 4.79 Å². The lowest BCUT2D eigenvalue weighted by molar-refractivity contribution is -0.283. The lowest BCUT2D eigenvalue weighted by atomic mass is 10.0. The smallest absolute Gasteiger partial charge is 0.364 e. The normalized spacial score (nSPS) is 22.6. The summed E-state index contributed by atoms with van der Waals surface area (Å²) < 4.78 is 10.3. The molecule has 1 N–H and O–H groups in total. The fraction of sp³-hybridized carbons (Fsp3) is 0.875. The van der Waals surface area contributed by atoms with Gasteiger partial charge in [-0.05, 0) is 6.42 Å².